The van der Waals surface area contributed by atoms with Crippen molar-refractivity contribution < 1.29 is 0 Å². The van der Waals surface area contributed by atoms with Crippen molar-refractivity contribution in [1.82, 2.24) is 4.98 Å². The second kappa shape index (κ2) is 5.33. The molecule has 21 heavy (non-hydrogen) atoms. The second-order valence-electron chi connectivity index (χ2n) is 6.17. The summed E-state index contributed by atoms with van der Waals surface area (Å²) in [7, 11) is 0. The van der Waals surface area contributed by atoms with Gasteiger partial charge in [0, 0.05) is 17.1 Å². The molecule has 1 heterocycles. The van der Waals surface area contributed by atoms with Crippen LogP contribution in [0.5, 0.6) is 0 Å². The van der Waals surface area contributed by atoms with E-state index in [0.717, 1.165) is 5.69 Å². The lowest BCUT2D eigenvalue weighted by atomic mass is 9.95. The highest BCUT2D eigenvalue weighted by Crippen LogP contribution is 2.29. The van der Waals surface area contributed by atoms with Crippen molar-refractivity contribution >= 4 is 10.8 Å². The third kappa shape index (κ3) is 2.69. The van der Waals surface area contributed by atoms with E-state index in [1.165, 1.54) is 33.0 Å². The van der Waals surface area contributed by atoms with Gasteiger partial charge < -0.3 is 0 Å². The van der Waals surface area contributed by atoms with Crippen molar-refractivity contribution in [3.63, 3.8) is 0 Å². The zero-order valence-corrected chi connectivity index (χ0v) is 13.1. The summed E-state index contributed by atoms with van der Waals surface area (Å²) in [5.74, 6) is 0.517. The van der Waals surface area contributed by atoms with Gasteiger partial charge in [-0.3, -0.25) is 4.98 Å². The zero-order chi connectivity index (χ0) is 15.0. The molecule has 0 spiro atoms. The van der Waals surface area contributed by atoms with Crippen molar-refractivity contribution in [3.05, 3.63) is 65.4 Å². The topological polar surface area (TPSA) is 12.9 Å². The van der Waals surface area contributed by atoms with Gasteiger partial charge in [0.2, 0.25) is 0 Å². The summed E-state index contributed by atoms with van der Waals surface area (Å²) in [6.45, 7) is 8.76. The molecule has 1 aromatic heterocycles. The average Bonchev–Trinajstić information content (AvgIpc) is 2.44. The van der Waals surface area contributed by atoms with Gasteiger partial charge in [0.1, 0.15) is 0 Å². The van der Waals surface area contributed by atoms with Crippen LogP contribution in [0.4, 0.5) is 0 Å². The Bertz CT molecular complexity index is 780. The van der Waals surface area contributed by atoms with Crippen LogP contribution in [0.1, 0.15) is 36.5 Å². The van der Waals surface area contributed by atoms with Crippen LogP contribution in [-0.4, -0.2) is 4.98 Å². The number of fused-ring (bicyclic) bond motifs is 1. The van der Waals surface area contributed by atoms with Crippen molar-refractivity contribution in [2.24, 2.45) is 0 Å². The lowest BCUT2D eigenvalue weighted by Crippen LogP contribution is -1.92. The molecule has 0 bridgehead atoms. The highest BCUT2D eigenvalue weighted by atomic mass is 14.7. The normalized spacial score (nSPS) is 11.3. The fourth-order valence-electron chi connectivity index (χ4n) is 2.98. The van der Waals surface area contributed by atoms with E-state index in [2.05, 4.69) is 75.1 Å². The Labute approximate surface area is 126 Å². The molecule has 2 aromatic carbocycles. The van der Waals surface area contributed by atoms with E-state index in [-0.39, 0.29) is 0 Å². The second-order valence-corrected chi connectivity index (χ2v) is 6.17. The fourth-order valence-corrected chi connectivity index (χ4v) is 2.98. The molecule has 1 nitrogen and oxygen atoms in total. The molecule has 0 N–H and O–H groups in total. The zero-order valence-electron chi connectivity index (χ0n) is 13.1. The molecule has 0 unspecified atom stereocenters. The first kappa shape index (κ1) is 13.8. The number of aromatic nitrogens is 1. The van der Waals surface area contributed by atoms with Crippen molar-refractivity contribution in [3.8, 4) is 11.3 Å². The number of hydrogen-bond acceptors (Lipinski definition) is 1. The number of aryl methyl sites for hydroxylation is 2. The van der Waals surface area contributed by atoms with Crippen molar-refractivity contribution in [1.29, 1.82) is 0 Å². The fraction of sp³-hybridized carbons (Fsp3) is 0.250. The molecule has 0 aliphatic carbocycles. The summed E-state index contributed by atoms with van der Waals surface area (Å²) in [6.07, 6.45) is 1.99. The van der Waals surface area contributed by atoms with Crippen LogP contribution in [0.3, 0.4) is 0 Å². The number of benzene rings is 2. The van der Waals surface area contributed by atoms with Gasteiger partial charge in [-0.15, -0.1) is 0 Å². The lowest BCUT2D eigenvalue weighted by molar-refractivity contribution is 0.876. The van der Waals surface area contributed by atoms with Gasteiger partial charge in [0.05, 0.1) is 5.69 Å². The maximum atomic E-state index is 4.66. The van der Waals surface area contributed by atoms with Crippen LogP contribution < -0.4 is 0 Å². The van der Waals surface area contributed by atoms with Crippen LogP contribution in [0.25, 0.3) is 22.0 Å². The van der Waals surface area contributed by atoms with Gasteiger partial charge in [-0.05, 0) is 48.9 Å². The maximum Gasteiger partial charge on any atom is 0.0708 e. The first-order valence-electron chi connectivity index (χ1n) is 7.52. The Morgan fingerprint density at radius 2 is 1.62 bits per heavy atom. The standard InChI is InChI=1S/C20H21N/c1-13(2)18-7-5-6-16-12-21-20(11-19(16)18)17-9-14(3)8-15(4)10-17/h5-13H,1-4H3. The first-order chi connectivity index (χ1) is 10.0. The van der Waals surface area contributed by atoms with E-state index in [1.54, 1.807) is 0 Å². The van der Waals surface area contributed by atoms with Crippen molar-refractivity contribution in [2.45, 2.75) is 33.6 Å². The molecule has 0 saturated carbocycles. The van der Waals surface area contributed by atoms with E-state index in [0.29, 0.717) is 5.92 Å². The van der Waals surface area contributed by atoms with Gasteiger partial charge in [0.15, 0.2) is 0 Å². The van der Waals surface area contributed by atoms with E-state index in [9.17, 15) is 0 Å². The third-order valence-corrected chi connectivity index (χ3v) is 3.94. The predicted octanol–water partition coefficient (Wildman–Crippen LogP) is 5.64. The maximum absolute atomic E-state index is 4.66. The highest BCUT2D eigenvalue weighted by Gasteiger charge is 2.08. The van der Waals surface area contributed by atoms with Crippen molar-refractivity contribution in [2.75, 3.05) is 0 Å². The summed E-state index contributed by atoms with van der Waals surface area (Å²) in [5.41, 5.74) is 6.21. The van der Waals surface area contributed by atoms with E-state index < -0.39 is 0 Å². The van der Waals surface area contributed by atoms with E-state index in [1.807, 2.05) is 6.20 Å². The molecule has 1 heteroatoms. The average molecular weight is 275 g/mol. The number of nitrogens with zero attached hydrogens (tertiary/aromatic N) is 1. The van der Waals surface area contributed by atoms with Crippen LogP contribution in [-0.2, 0) is 0 Å². The largest absolute Gasteiger partial charge is 0.256 e. The van der Waals surface area contributed by atoms with Gasteiger partial charge in [-0.2, -0.15) is 0 Å². The molecule has 3 aromatic rings. The number of rotatable bonds is 2. The molecule has 0 aliphatic rings. The minimum absolute atomic E-state index is 0.517. The van der Waals surface area contributed by atoms with Crippen LogP contribution in [0.15, 0.2) is 48.7 Å². The monoisotopic (exact) mass is 275 g/mol. The SMILES string of the molecule is Cc1cc(C)cc(-c2cc3c(C(C)C)cccc3cn2)c1. The molecule has 106 valence electrons. The predicted molar refractivity (Wildman–Crippen MR) is 90.7 cm³/mol. The summed E-state index contributed by atoms with van der Waals surface area (Å²) in [6, 6.07) is 15.3. The van der Waals surface area contributed by atoms with Gasteiger partial charge in [-0.1, -0.05) is 49.2 Å². The molecule has 0 amide bonds. The minimum atomic E-state index is 0.517. The molecule has 0 radical (unpaired) electrons. The molecule has 3 rings (SSSR count). The number of pyridine rings is 1. The molecule has 0 fully saturated rings. The van der Waals surface area contributed by atoms with Crippen LogP contribution in [0.2, 0.25) is 0 Å². The molecule has 0 saturated heterocycles. The number of hydrogen-bond donors (Lipinski definition) is 0. The Morgan fingerprint density at radius 1 is 0.905 bits per heavy atom. The van der Waals surface area contributed by atoms with Gasteiger partial charge in [0.25, 0.3) is 0 Å². The summed E-state index contributed by atoms with van der Waals surface area (Å²) < 4.78 is 0. The van der Waals surface area contributed by atoms with Crippen LogP contribution >= 0.6 is 0 Å². The summed E-state index contributed by atoms with van der Waals surface area (Å²) >= 11 is 0. The Hall–Kier alpha value is -2.15. The third-order valence-electron chi connectivity index (χ3n) is 3.94. The van der Waals surface area contributed by atoms with E-state index >= 15 is 0 Å². The van der Waals surface area contributed by atoms with Gasteiger partial charge in [-0.25, -0.2) is 0 Å². The first-order valence-corrected chi connectivity index (χ1v) is 7.52. The molecule has 0 aliphatic heterocycles. The summed E-state index contributed by atoms with van der Waals surface area (Å²) in [5, 5.41) is 2.53. The molecular weight excluding hydrogens is 254 g/mol. The summed E-state index contributed by atoms with van der Waals surface area (Å²) in [4.78, 5) is 4.66. The lowest BCUT2D eigenvalue weighted by Gasteiger charge is -2.11. The van der Waals surface area contributed by atoms with Crippen LogP contribution in [0, 0.1) is 13.8 Å². The van der Waals surface area contributed by atoms with Gasteiger partial charge >= 0.3 is 0 Å². The smallest absolute Gasteiger partial charge is 0.0708 e. The molecular formula is C20H21N. The highest BCUT2D eigenvalue weighted by molar-refractivity contribution is 5.88. The Morgan fingerprint density at radius 3 is 2.29 bits per heavy atom. The van der Waals surface area contributed by atoms with E-state index in [4.69, 9.17) is 0 Å². The minimum Gasteiger partial charge on any atom is -0.256 e. The molecule has 0 atom stereocenters. The quantitative estimate of drug-likeness (QED) is 0.589. The Balaban J connectivity index is 2.22. The Kier molecular flexibility index (Phi) is 3.50.